The minimum atomic E-state index is -3.81. The van der Waals surface area contributed by atoms with Gasteiger partial charge in [0.1, 0.15) is 11.8 Å². The molecule has 1 aromatic heterocycles. The van der Waals surface area contributed by atoms with Gasteiger partial charge in [-0.15, -0.1) is 0 Å². The zero-order chi connectivity index (χ0) is 18.0. The second kappa shape index (κ2) is 6.70. The number of benzene rings is 2. The van der Waals surface area contributed by atoms with Crippen molar-refractivity contribution in [2.75, 3.05) is 0 Å². The molecule has 0 saturated heterocycles. The normalized spacial score (nSPS) is 11.9. The van der Waals surface area contributed by atoms with E-state index in [0.717, 1.165) is 11.8 Å². The fourth-order valence-corrected chi connectivity index (χ4v) is 3.11. The smallest absolute Gasteiger partial charge is 0.276 e. The Kier molecular flexibility index (Phi) is 4.61. The van der Waals surface area contributed by atoms with Gasteiger partial charge in [0.15, 0.2) is 0 Å². The Morgan fingerprint density at radius 3 is 2.60 bits per heavy atom. The average molecular weight is 377 g/mol. The Labute approximate surface area is 148 Å². The fraction of sp³-hybridized carbons (Fsp3) is 0.0588. The minimum absolute atomic E-state index is 0.0765. The highest BCUT2D eigenvalue weighted by Crippen LogP contribution is 2.16. The molecule has 8 heteroatoms. The summed E-state index contributed by atoms with van der Waals surface area (Å²) in [5, 5.41) is 4.33. The average Bonchev–Trinajstić information content (AvgIpc) is 2.58. The summed E-state index contributed by atoms with van der Waals surface area (Å²) in [6.07, 6.45) is 2.31. The Balaban J connectivity index is 1.87. The SMILES string of the molecule is Cc1ccc(S(=O)(=O)NN=Cc2coc3ccc(Cl)cc3c2=O)cc1. The van der Waals surface area contributed by atoms with Crippen molar-refractivity contribution in [1.82, 2.24) is 4.83 Å². The van der Waals surface area contributed by atoms with E-state index in [2.05, 4.69) is 9.93 Å². The first-order valence-corrected chi connectivity index (χ1v) is 9.05. The molecule has 0 radical (unpaired) electrons. The van der Waals surface area contributed by atoms with Crippen LogP contribution in [0.3, 0.4) is 0 Å². The number of nitrogens with zero attached hydrogens (tertiary/aromatic N) is 1. The van der Waals surface area contributed by atoms with Crippen LogP contribution in [0.2, 0.25) is 5.02 Å². The van der Waals surface area contributed by atoms with Crippen LogP contribution in [-0.4, -0.2) is 14.6 Å². The van der Waals surface area contributed by atoms with Crippen molar-refractivity contribution < 1.29 is 12.8 Å². The molecule has 0 unspecified atom stereocenters. The van der Waals surface area contributed by atoms with Crippen LogP contribution in [0.15, 0.2) is 67.9 Å². The third kappa shape index (κ3) is 3.72. The summed E-state index contributed by atoms with van der Waals surface area (Å²) in [5.74, 6) is 0. The van der Waals surface area contributed by atoms with Gasteiger partial charge in [0.2, 0.25) is 5.43 Å². The molecule has 25 heavy (non-hydrogen) atoms. The number of fused-ring (bicyclic) bond motifs is 1. The number of hydrazone groups is 1. The molecule has 0 aliphatic heterocycles. The molecule has 0 fully saturated rings. The molecule has 128 valence electrons. The van der Waals surface area contributed by atoms with Crippen molar-refractivity contribution in [1.29, 1.82) is 0 Å². The lowest BCUT2D eigenvalue weighted by atomic mass is 10.2. The van der Waals surface area contributed by atoms with Gasteiger partial charge in [-0.25, -0.2) is 4.83 Å². The molecule has 0 spiro atoms. The van der Waals surface area contributed by atoms with E-state index in [1.807, 2.05) is 6.92 Å². The number of hydrogen-bond acceptors (Lipinski definition) is 5. The number of rotatable bonds is 4. The number of halogens is 1. The molecule has 0 atom stereocenters. The van der Waals surface area contributed by atoms with E-state index in [0.29, 0.717) is 10.6 Å². The van der Waals surface area contributed by atoms with Crippen LogP contribution in [0.5, 0.6) is 0 Å². The van der Waals surface area contributed by atoms with Gasteiger partial charge in [-0.2, -0.15) is 13.5 Å². The molecule has 0 aliphatic rings. The van der Waals surface area contributed by atoms with Crippen LogP contribution < -0.4 is 10.3 Å². The first kappa shape index (κ1) is 17.2. The summed E-state index contributed by atoms with van der Waals surface area (Å²) in [5.41, 5.74) is 1.06. The number of sulfonamides is 1. The maximum atomic E-state index is 12.4. The first-order chi connectivity index (χ1) is 11.9. The Bertz CT molecular complexity index is 1120. The molecule has 0 bridgehead atoms. The molecule has 0 amide bonds. The van der Waals surface area contributed by atoms with E-state index in [-0.39, 0.29) is 21.3 Å². The van der Waals surface area contributed by atoms with Gasteiger partial charge in [0, 0.05) is 5.02 Å². The van der Waals surface area contributed by atoms with Crippen molar-refractivity contribution in [3.05, 3.63) is 75.1 Å². The highest BCUT2D eigenvalue weighted by Gasteiger charge is 2.12. The van der Waals surface area contributed by atoms with E-state index >= 15 is 0 Å². The highest BCUT2D eigenvalue weighted by atomic mass is 35.5. The summed E-state index contributed by atoms with van der Waals surface area (Å²) in [4.78, 5) is 14.5. The van der Waals surface area contributed by atoms with Crippen LogP contribution in [0.1, 0.15) is 11.1 Å². The van der Waals surface area contributed by atoms with Gasteiger partial charge < -0.3 is 4.42 Å². The predicted molar refractivity (Wildman–Crippen MR) is 96.6 cm³/mol. The minimum Gasteiger partial charge on any atom is -0.463 e. The van der Waals surface area contributed by atoms with E-state index in [1.165, 1.54) is 24.5 Å². The van der Waals surface area contributed by atoms with Gasteiger partial charge in [-0.1, -0.05) is 29.3 Å². The highest BCUT2D eigenvalue weighted by molar-refractivity contribution is 7.89. The summed E-state index contributed by atoms with van der Waals surface area (Å²) < 4.78 is 29.6. The van der Waals surface area contributed by atoms with Crippen LogP contribution in [0, 0.1) is 6.92 Å². The number of nitrogens with one attached hydrogen (secondary N) is 1. The Hall–Kier alpha value is -2.64. The predicted octanol–water partition coefficient (Wildman–Crippen LogP) is 3.07. The van der Waals surface area contributed by atoms with Crippen molar-refractivity contribution >= 4 is 38.8 Å². The van der Waals surface area contributed by atoms with Gasteiger partial charge >= 0.3 is 0 Å². The van der Waals surface area contributed by atoms with Gasteiger partial charge in [-0.3, -0.25) is 4.79 Å². The first-order valence-electron chi connectivity index (χ1n) is 7.19. The lowest BCUT2D eigenvalue weighted by Crippen LogP contribution is -2.19. The van der Waals surface area contributed by atoms with Crippen molar-refractivity contribution in [2.24, 2.45) is 5.10 Å². The quantitative estimate of drug-likeness (QED) is 0.559. The van der Waals surface area contributed by atoms with E-state index < -0.39 is 10.0 Å². The van der Waals surface area contributed by atoms with Crippen LogP contribution in [-0.2, 0) is 10.0 Å². The summed E-state index contributed by atoms with van der Waals surface area (Å²) in [7, 11) is -3.81. The molecule has 3 rings (SSSR count). The molecular weight excluding hydrogens is 364 g/mol. The lowest BCUT2D eigenvalue weighted by Gasteiger charge is -2.03. The molecule has 2 aromatic carbocycles. The zero-order valence-corrected chi connectivity index (χ0v) is 14.6. The molecule has 1 N–H and O–H groups in total. The van der Waals surface area contributed by atoms with Crippen LogP contribution in [0.25, 0.3) is 11.0 Å². The standard InChI is InChI=1S/C17H13ClN2O4S/c1-11-2-5-14(6-3-11)25(22,23)20-19-9-12-10-24-16-7-4-13(18)8-15(16)17(12)21/h2-10,20H,1H3. The van der Waals surface area contributed by atoms with Gasteiger partial charge in [-0.05, 0) is 37.3 Å². The Morgan fingerprint density at radius 2 is 1.88 bits per heavy atom. The molecule has 0 saturated carbocycles. The third-order valence-corrected chi connectivity index (χ3v) is 4.94. The second-order valence-electron chi connectivity index (χ2n) is 5.33. The maximum absolute atomic E-state index is 12.4. The summed E-state index contributed by atoms with van der Waals surface area (Å²) in [6, 6.07) is 11.0. The summed E-state index contributed by atoms with van der Waals surface area (Å²) >= 11 is 5.88. The molecule has 6 nitrogen and oxygen atoms in total. The fourth-order valence-electron chi connectivity index (χ4n) is 2.14. The van der Waals surface area contributed by atoms with E-state index in [9.17, 15) is 13.2 Å². The topological polar surface area (TPSA) is 88.7 Å². The van der Waals surface area contributed by atoms with E-state index in [4.69, 9.17) is 16.0 Å². The third-order valence-electron chi connectivity index (χ3n) is 3.47. The summed E-state index contributed by atoms with van der Waals surface area (Å²) in [6.45, 7) is 1.85. The van der Waals surface area contributed by atoms with Gasteiger partial charge in [0.05, 0.1) is 22.1 Å². The largest absolute Gasteiger partial charge is 0.463 e. The van der Waals surface area contributed by atoms with Crippen molar-refractivity contribution in [3.63, 3.8) is 0 Å². The number of hydrogen-bond donors (Lipinski definition) is 1. The van der Waals surface area contributed by atoms with Crippen molar-refractivity contribution in [3.8, 4) is 0 Å². The monoisotopic (exact) mass is 376 g/mol. The van der Waals surface area contributed by atoms with Crippen LogP contribution >= 0.6 is 11.6 Å². The molecular formula is C17H13ClN2O4S. The zero-order valence-electron chi connectivity index (χ0n) is 13.1. The molecule has 0 aliphatic carbocycles. The maximum Gasteiger partial charge on any atom is 0.276 e. The van der Waals surface area contributed by atoms with Gasteiger partial charge in [0.25, 0.3) is 10.0 Å². The molecule has 1 heterocycles. The van der Waals surface area contributed by atoms with Crippen molar-refractivity contribution in [2.45, 2.75) is 11.8 Å². The second-order valence-corrected chi connectivity index (χ2v) is 7.42. The lowest BCUT2D eigenvalue weighted by molar-refractivity contribution is 0.584. The number of aryl methyl sites for hydroxylation is 1. The Morgan fingerprint density at radius 1 is 1.16 bits per heavy atom. The van der Waals surface area contributed by atoms with Crippen LogP contribution in [0.4, 0.5) is 0 Å². The molecule has 3 aromatic rings. The van der Waals surface area contributed by atoms with E-state index in [1.54, 1.807) is 24.3 Å².